The molecular weight excluding hydrogens is 456 g/mol. The van der Waals surface area contributed by atoms with E-state index in [0.717, 1.165) is 20.5 Å². The third-order valence-electron chi connectivity index (χ3n) is 5.04. The quantitative estimate of drug-likeness (QED) is 0.483. The number of carbonyl (C=O) groups is 3. The van der Waals surface area contributed by atoms with Crippen molar-refractivity contribution in [3.63, 3.8) is 0 Å². The van der Waals surface area contributed by atoms with Crippen molar-refractivity contribution in [2.24, 2.45) is 0 Å². The van der Waals surface area contributed by atoms with E-state index in [0.29, 0.717) is 22.6 Å². The van der Waals surface area contributed by atoms with E-state index in [4.69, 9.17) is 0 Å². The summed E-state index contributed by atoms with van der Waals surface area (Å²) in [6.45, 7) is 5.65. The fraction of sp³-hybridized carbons (Fsp3) is 0.350. The molecule has 0 radical (unpaired) electrons. The number of nitrogens with one attached hydrogen (secondary N) is 1. The highest BCUT2D eigenvalue weighted by Crippen LogP contribution is 2.41. The molecular formula is C20H20N4O4S3. The number of rotatable bonds is 6. The number of hydrogen-bond donors (Lipinski definition) is 2. The average molecular weight is 477 g/mol. The summed E-state index contributed by atoms with van der Waals surface area (Å²) in [7, 11) is 0. The van der Waals surface area contributed by atoms with Crippen LogP contribution in [0.15, 0.2) is 33.8 Å². The van der Waals surface area contributed by atoms with Crippen LogP contribution in [0.4, 0.5) is 0 Å². The maximum atomic E-state index is 12.8. The Bertz CT molecular complexity index is 1110. The zero-order chi connectivity index (χ0) is 22.3. The van der Waals surface area contributed by atoms with Gasteiger partial charge in [-0.3, -0.25) is 14.5 Å². The Balaban J connectivity index is 1.49. The van der Waals surface area contributed by atoms with Gasteiger partial charge in [0.25, 0.3) is 11.8 Å². The number of carbonyl (C=O) groups excluding carboxylic acids is 2. The van der Waals surface area contributed by atoms with Gasteiger partial charge in [-0.25, -0.2) is 4.79 Å². The molecule has 8 nitrogen and oxygen atoms in total. The van der Waals surface area contributed by atoms with Gasteiger partial charge in [-0.2, -0.15) is 0 Å². The van der Waals surface area contributed by atoms with Gasteiger partial charge in [0, 0.05) is 17.1 Å². The van der Waals surface area contributed by atoms with E-state index < -0.39 is 23.3 Å². The molecule has 11 heteroatoms. The molecule has 1 fully saturated rings. The number of carboxylic acids is 1. The molecule has 1 aromatic carbocycles. The molecule has 0 aliphatic carbocycles. The molecule has 2 aliphatic rings. The minimum Gasteiger partial charge on any atom is -0.477 e. The highest BCUT2D eigenvalue weighted by molar-refractivity contribution is 8.01. The molecule has 0 bridgehead atoms. The molecule has 2 aliphatic heterocycles. The predicted octanol–water partition coefficient (Wildman–Crippen LogP) is 2.61. The van der Waals surface area contributed by atoms with Gasteiger partial charge in [-0.05, 0) is 38.0 Å². The van der Waals surface area contributed by atoms with Crippen LogP contribution in [0.5, 0.6) is 0 Å². The van der Waals surface area contributed by atoms with Crippen LogP contribution in [0.1, 0.15) is 26.5 Å². The van der Waals surface area contributed by atoms with Gasteiger partial charge in [0.15, 0.2) is 4.34 Å². The highest BCUT2D eigenvalue weighted by Gasteiger charge is 2.54. The second kappa shape index (κ2) is 8.64. The first-order valence-corrected chi connectivity index (χ1v) is 12.3. The SMILES string of the molecule is Cc1ccc(C(=O)N[C@H]2C(=O)N3C(C(=O)O)=C(CSc4nnc(C)s4)CS[C@H]23)c(C)c1. The van der Waals surface area contributed by atoms with Crippen molar-refractivity contribution < 1.29 is 19.5 Å². The number of hydrogen-bond acceptors (Lipinski definition) is 8. The molecule has 3 heterocycles. The Morgan fingerprint density at radius 1 is 1.29 bits per heavy atom. The zero-order valence-corrected chi connectivity index (χ0v) is 19.5. The van der Waals surface area contributed by atoms with Gasteiger partial charge in [0.2, 0.25) is 0 Å². The molecule has 0 spiro atoms. The Morgan fingerprint density at radius 3 is 2.71 bits per heavy atom. The molecule has 31 heavy (non-hydrogen) atoms. The smallest absolute Gasteiger partial charge is 0.352 e. The second-order valence-electron chi connectivity index (χ2n) is 7.31. The zero-order valence-electron chi connectivity index (χ0n) is 17.0. The summed E-state index contributed by atoms with van der Waals surface area (Å²) in [4.78, 5) is 38.8. The Morgan fingerprint density at radius 2 is 2.06 bits per heavy atom. The first-order chi connectivity index (χ1) is 14.8. The predicted molar refractivity (Wildman–Crippen MR) is 120 cm³/mol. The number of carboxylic acid groups (broad SMARTS) is 1. The first kappa shape index (κ1) is 21.8. The van der Waals surface area contributed by atoms with Gasteiger partial charge >= 0.3 is 5.97 Å². The van der Waals surface area contributed by atoms with Crippen molar-refractivity contribution in [2.75, 3.05) is 11.5 Å². The van der Waals surface area contributed by atoms with E-state index in [-0.39, 0.29) is 11.6 Å². The molecule has 2 amide bonds. The van der Waals surface area contributed by atoms with Crippen LogP contribution in [-0.2, 0) is 9.59 Å². The molecule has 1 saturated heterocycles. The maximum Gasteiger partial charge on any atom is 0.352 e. The van der Waals surface area contributed by atoms with Gasteiger partial charge in [-0.15, -0.1) is 22.0 Å². The fourth-order valence-electron chi connectivity index (χ4n) is 3.57. The number of aryl methyl sites for hydroxylation is 3. The van der Waals surface area contributed by atoms with Crippen molar-refractivity contribution in [1.29, 1.82) is 0 Å². The van der Waals surface area contributed by atoms with Crippen LogP contribution >= 0.6 is 34.9 Å². The maximum absolute atomic E-state index is 12.8. The number of aromatic nitrogens is 2. The fourth-order valence-corrected chi connectivity index (χ4v) is 6.87. The number of benzene rings is 1. The van der Waals surface area contributed by atoms with Crippen molar-refractivity contribution in [3.05, 3.63) is 51.2 Å². The summed E-state index contributed by atoms with van der Waals surface area (Å²) in [5.74, 6) is -0.982. The minimum atomic E-state index is -1.14. The number of fused-ring (bicyclic) bond motifs is 1. The Hall–Kier alpha value is -2.37. The van der Waals surface area contributed by atoms with Gasteiger partial charge in [0.1, 0.15) is 22.1 Å². The second-order valence-corrected chi connectivity index (χ2v) is 10.8. The molecule has 2 N–H and O–H groups in total. The number of nitrogens with zero attached hydrogens (tertiary/aromatic N) is 3. The van der Waals surface area contributed by atoms with E-state index in [1.807, 2.05) is 32.9 Å². The largest absolute Gasteiger partial charge is 0.477 e. The number of aliphatic carboxylic acids is 1. The van der Waals surface area contributed by atoms with E-state index in [9.17, 15) is 19.5 Å². The third kappa shape index (κ3) is 4.21. The average Bonchev–Trinajstić information content (AvgIpc) is 3.14. The molecule has 2 aromatic rings. The van der Waals surface area contributed by atoms with Crippen LogP contribution < -0.4 is 5.32 Å². The van der Waals surface area contributed by atoms with E-state index in [1.54, 1.807) is 6.07 Å². The van der Waals surface area contributed by atoms with E-state index >= 15 is 0 Å². The first-order valence-electron chi connectivity index (χ1n) is 9.47. The number of β-lactam (4-membered cyclic amide) rings is 1. The number of amides is 2. The summed E-state index contributed by atoms with van der Waals surface area (Å²) < 4.78 is 0.760. The van der Waals surface area contributed by atoms with E-state index in [1.165, 1.54) is 39.8 Å². The van der Waals surface area contributed by atoms with E-state index in [2.05, 4.69) is 15.5 Å². The van der Waals surface area contributed by atoms with Gasteiger partial charge in [-0.1, -0.05) is 40.8 Å². The topological polar surface area (TPSA) is 112 Å². The lowest BCUT2D eigenvalue weighted by molar-refractivity contribution is -0.148. The Labute approximate surface area is 191 Å². The van der Waals surface area contributed by atoms with Crippen LogP contribution in [0.2, 0.25) is 0 Å². The van der Waals surface area contributed by atoms with Gasteiger partial charge in [0.05, 0.1) is 0 Å². The Kier molecular flexibility index (Phi) is 6.09. The standard InChI is InChI=1S/C20H20N4O4S3/c1-9-4-5-13(10(2)6-9)16(25)21-14-17(26)24-15(19(27)28)12(7-29-18(14)24)8-30-20-23-22-11(3)31-20/h4-6,14,18H,7-8H2,1-3H3,(H,21,25)(H,27,28)/t14-,18+/m0/s1. The van der Waals surface area contributed by atoms with Crippen LogP contribution in [0.3, 0.4) is 0 Å². The molecule has 0 unspecified atom stereocenters. The lowest BCUT2D eigenvalue weighted by Crippen LogP contribution is -2.70. The number of thioether (sulfide) groups is 2. The lowest BCUT2D eigenvalue weighted by atomic mass is 10.0. The van der Waals surface area contributed by atoms with Crippen molar-refractivity contribution in [3.8, 4) is 0 Å². The summed E-state index contributed by atoms with van der Waals surface area (Å²) in [6.07, 6.45) is 0. The minimum absolute atomic E-state index is 0.0134. The summed E-state index contributed by atoms with van der Waals surface area (Å²) >= 11 is 4.32. The summed E-state index contributed by atoms with van der Waals surface area (Å²) in [5, 5.41) is 21.0. The third-order valence-corrected chi connectivity index (χ3v) is 8.44. The lowest BCUT2D eigenvalue weighted by Gasteiger charge is -2.49. The van der Waals surface area contributed by atoms with Crippen molar-refractivity contribution >= 4 is 52.6 Å². The highest BCUT2D eigenvalue weighted by atomic mass is 32.2. The van der Waals surface area contributed by atoms with Gasteiger partial charge < -0.3 is 10.4 Å². The van der Waals surface area contributed by atoms with Crippen LogP contribution in [0.25, 0.3) is 0 Å². The normalized spacial score (nSPS) is 20.4. The molecule has 2 atom stereocenters. The van der Waals surface area contributed by atoms with Crippen molar-refractivity contribution in [2.45, 2.75) is 36.5 Å². The van der Waals surface area contributed by atoms with Crippen LogP contribution in [0, 0.1) is 20.8 Å². The molecule has 1 aromatic heterocycles. The molecule has 162 valence electrons. The van der Waals surface area contributed by atoms with Crippen LogP contribution in [-0.4, -0.2) is 60.9 Å². The van der Waals surface area contributed by atoms with Crippen molar-refractivity contribution in [1.82, 2.24) is 20.4 Å². The molecule has 0 saturated carbocycles. The summed E-state index contributed by atoms with van der Waals surface area (Å²) in [5.41, 5.74) is 3.07. The monoisotopic (exact) mass is 476 g/mol. The summed E-state index contributed by atoms with van der Waals surface area (Å²) in [6, 6.07) is 4.75. The molecule has 4 rings (SSSR count).